The summed E-state index contributed by atoms with van der Waals surface area (Å²) in [5, 5.41) is 9.45. The number of aromatic hydroxyl groups is 1. The van der Waals surface area contributed by atoms with Crippen LogP contribution in [0.15, 0.2) is 18.2 Å². The van der Waals surface area contributed by atoms with Crippen molar-refractivity contribution in [3.63, 3.8) is 0 Å². The van der Waals surface area contributed by atoms with Crippen molar-refractivity contribution in [2.75, 3.05) is 21.1 Å². The van der Waals surface area contributed by atoms with Crippen LogP contribution < -0.4 is 28.5 Å². The van der Waals surface area contributed by atoms with E-state index in [0.717, 1.165) is 4.48 Å². The maximum Gasteiger partial charge on any atom is 0.135 e. The summed E-state index contributed by atoms with van der Waals surface area (Å²) in [6.07, 6.45) is 0. The van der Waals surface area contributed by atoms with Gasteiger partial charge in [0.05, 0.1) is 21.1 Å². The van der Waals surface area contributed by atoms with Gasteiger partial charge in [-0.2, -0.15) is 0 Å². The molecule has 0 saturated heterocycles. The summed E-state index contributed by atoms with van der Waals surface area (Å²) in [6.45, 7) is 4.29. The summed E-state index contributed by atoms with van der Waals surface area (Å²) < 4.78 is 0.786. The lowest BCUT2D eigenvalue weighted by atomic mass is 9.99. The third kappa shape index (κ3) is 3.65. The molecule has 1 aromatic rings. The number of hydrogen-bond acceptors (Lipinski definition) is 1. The van der Waals surface area contributed by atoms with E-state index in [4.69, 9.17) is 0 Å². The quantitative estimate of drug-likeness (QED) is 0.587. The van der Waals surface area contributed by atoms with Gasteiger partial charge in [-0.25, -0.2) is 0 Å². The Morgan fingerprint density at radius 3 is 2.07 bits per heavy atom. The number of nitrogens with zero attached hydrogens (tertiary/aromatic N) is 1. The number of halogens is 1. The van der Waals surface area contributed by atoms with Gasteiger partial charge in [0.15, 0.2) is 0 Å². The second-order valence-corrected chi connectivity index (χ2v) is 4.91. The molecule has 0 atom stereocenters. The maximum atomic E-state index is 9.45. The lowest BCUT2D eigenvalue weighted by molar-refractivity contribution is -0.00000441. The second-order valence-electron chi connectivity index (χ2n) is 4.91. The van der Waals surface area contributed by atoms with Crippen LogP contribution in [-0.2, 0) is 0 Å². The molecule has 0 aliphatic rings. The van der Waals surface area contributed by atoms with Crippen LogP contribution >= 0.6 is 0 Å². The largest absolute Gasteiger partial charge is 1.00 e. The van der Waals surface area contributed by atoms with Crippen LogP contribution in [0.1, 0.15) is 25.3 Å². The van der Waals surface area contributed by atoms with Gasteiger partial charge >= 0.3 is 0 Å². The average molecular weight is 321 g/mol. The van der Waals surface area contributed by atoms with E-state index < -0.39 is 0 Å². The minimum absolute atomic E-state index is 0. The molecule has 0 heterocycles. The predicted octanol–water partition coefficient (Wildman–Crippen LogP) is -0.284. The molecule has 86 valence electrons. The molecular weight excluding hydrogens is 301 g/mol. The zero-order chi connectivity index (χ0) is 10.9. The molecule has 2 nitrogen and oxygen atoms in total. The number of rotatable bonds is 2. The first-order valence-corrected chi connectivity index (χ1v) is 4.97. The Morgan fingerprint density at radius 2 is 1.67 bits per heavy atom. The number of quaternary nitrogens is 1. The van der Waals surface area contributed by atoms with Crippen LogP contribution in [0, 0.1) is 0 Å². The predicted molar refractivity (Wildman–Crippen MR) is 61.8 cm³/mol. The maximum absolute atomic E-state index is 9.45. The highest BCUT2D eigenvalue weighted by Crippen LogP contribution is 2.31. The molecule has 0 aliphatic heterocycles. The standard InChI is InChI=1S/C12H19NO.HI/c1-9(2)11-8-10(14)6-7-12(11)13(3,4)5;/h6-9H,1-5H3;1H. The molecule has 0 bridgehead atoms. The van der Waals surface area contributed by atoms with Gasteiger partial charge in [-0.3, -0.25) is 4.48 Å². The highest BCUT2D eigenvalue weighted by Gasteiger charge is 2.19. The van der Waals surface area contributed by atoms with Gasteiger partial charge in [0, 0.05) is 11.6 Å². The third-order valence-electron chi connectivity index (χ3n) is 2.36. The van der Waals surface area contributed by atoms with Gasteiger partial charge in [0.1, 0.15) is 11.4 Å². The van der Waals surface area contributed by atoms with Crippen LogP contribution in [0.2, 0.25) is 0 Å². The van der Waals surface area contributed by atoms with Crippen molar-refractivity contribution >= 4 is 5.69 Å². The van der Waals surface area contributed by atoms with Crippen molar-refractivity contribution in [3.8, 4) is 5.75 Å². The van der Waals surface area contributed by atoms with Gasteiger partial charge in [-0.15, -0.1) is 0 Å². The monoisotopic (exact) mass is 321 g/mol. The van der Waals surface area contributed by atoms with E-state index in [1.54, 1.807) is 6.07 Å². The first-order chi connectivity index (χ1) is 6.32. The van der Waals surface area contributed by atoms with Crippen molar-refractivity contribution in [1.82, 2.24) is 4.48 Å². The number of phenols is 1. The lowest BCUT2D eigenvalue weighted by Gasteiger charge is -2.27. The topological polar surface area (TPSA) is 20.2 Å². The molecule has 1 rings (SSSR count). The Bertz CT molecular complexity index is 329. The van der Waals surface area contributed by atoms with E-state index in [1.165, 1.54) is 11.3 Å². The Kier molecular flexibility index (Phi) is 5.06. The van der Waals surface area contributed by atoms with Crippen LogP contribution in [0.4, 0.5) is 5.69 Å². The minimum atomic E-state index is 0. The Balaban J connectivity index is 0.00000196. The van der Waals surface area contributed by atoms with E-state index in [0.29, 0.717) is 11.7 Å². The molecule has 0 radical (unpaired) electrons. The first-order valence-electron chi connectivity index (χ1n) is 4.97. The van der Waals surface area contributed by atoms with Crippen molar-refractivity contribution in [2.45, 2.75) is 19.8 Å². The number of phenolic OH excluding ortho intramolecular Hbond substituents is 1. The highest BCUT2D eigenvalue weighted by molar-refractivity contribution is 5.53. The lowest BCUT2D eigenvalue weighted by Crippen LogP contribution is -3.00. The van der Waals surface area contributed by atoms with Crippen molar-refractivity contribution in [3.05, 3.63) is 23.8 Å². The summed E-state index contributed by atoms with van der Waals surface area (Å²) in [5.74, 6) is 0.792. The molecule has 15 heavy (non-hydrogen) atoms. The number of hydrogen-bond donors (Lipinski definition) is 1. The smallest absolute Gasteiger partial charge is 0.135 e. The van der Waals surface area contributed by atoms with Crippen LogP contribution in [0.25, 0.3) is 0 Å². The molecule has 1 N–H and O–H groups in total. The van der Waals surface area contributed by atoms with E-state index in [2.05, 4.69) is 35.0 Å². The van der Waals surface area contributed by atoms with Gasteiger partial charge < -0.3 is 29.1 Å². The van der Waals surface area contributed by atoms with Crippen molar-refractivity contribution in [2.24, 2.45) is 0 Å². The Hall–Kier alpha value is -0.290. The second kappa shape index (κ2) is 5.16. The van der Waals surface area contributed by atoms with Crippen LogP contribution in [-0.4, -0.2) is 26.2 Å². The first kappa shape index (κ1) is 14.7. The van der Waals surface area contributed by atoms with E-state index >= 15 is 0 Å². The molecule has 1 aromatic carbocycles. The van der Waals surface area contributed by atoms with Gasteiger partial charge in [0.2, 0.25) is 0 Å². The van der Waals surface area contributed by atoms with Crippen LogP contribution in [0.3, 0.4) is 0 Å². The fourth-order valence-electron chi connectivity index (χ4n) is 1.62. The fraction of sp³-hybridized carbons (Fsp3) is 0.500. The molecule has 0 aliphatic carbocycles. The fourth-order valence-corrected chi connectivity index (χ4v) is 1.62. The van der Waals surface area contributed by atoms with Crippen LogP contribution in [0.5, 0.6) is 5.75 Å². The number of benzene rings is 1. The van der Waals surface area contributed by atoms with Crippen molar-refractivity contribution < 1.29 is 29.1 Å². The molecule has 0 spiro atoms. The molecule has 3 heteroatoms. The summed E-state index contributed by atoms with van der Waals surface area (Å²) in [4.78, 5) is 0. The molecular formula is C12H20INO. The molecule has 0 saturated carbocycles. The van der Waals surface area contributed by atoms with Gasteiger partial charge in [-0.1, -0.05) is 13.8 Å². The normalized spacial score (nSPS) is 11.3. The van der Waals surface area contributed by atoms with E-state index in [-0.39, 0.29) is 24.0 Å². The van der Waals surface area contributed by atoms with Gasteiger partial charge in [0.25, 0.3) is 0 Å². The molecule has 0 amide bonds. The summed E-state index contributed by atoms with van der Waals surface area (Å²) >= 11 is 0. The summed E-state index contributed by atoms with van der Waals surface area (Å²) in [6, 6.07) is 5.62. The van der Waals surface area contributed by atoms with E-state index in [1.807, 2.05) is 12.1 Å². The van der Waals surface area contributed by atoms with Gasteiger partial charge in [-0.05, 0) is 18.1 Å². The molecule has 0 aromatic heterocycles. The zero-order valence-corrected chi connectivity index (χ0v) is 12.2. The Labute approximate surface area is 110 Å². The molecule has 0 fully saturated rings. The summed E-state index contributed by atoms with van der Waals surface area (Å²) in [5.41, 5.74) is 2.48. The highest BCUT2D eigenvalue weighted by atomic mass is 127. The average Bonchev–Trinajstić information content (AvgIpc) is 2.01. The Morgan fingerprint density at radius 1 is 1.13 bits per heavy atom. The minimum Gasteiger partial charge on any atom is -1.00 e. The van der Waals surface area contributed by atoms with E-state index in [9.17, 15) is 5.11 Å². The SMILES string of the molecule is CC(C)c1cc(O)ccc1[N+](C)(C)C.[I-]. The molecule has 0 unspecified atom stereocenters. The van der Waals surface area contributed by atoms with Crippen molar-refractivity contribution in [1.29, 1.82) is 0 Å². The third-order valence-corrected chi connectivity index (χ3v) is 2.36. The zero-order valence-electron chi connectivity index (χ0n) is 10.1. The summed E-state index contributed by atoms with van der Waals surface area (Å²) in [7, 11) is 6.41.